The van der Waals surface area contributed by atoms with Crippen molar-refractivity contribution in [1.29, 1.82) is 0 Å². The molecule has 0 aliphatic heterocycles. The minimum absolute atomic E-state index is 0.296. The molecule has 3 heteroatoms. The molecule has 1 N–H and O–H groups in total. The third-order valence-corrected chi connectivity index (χ3v) is 0.783. The quantitative estimate of drug-likeness (QED) is 0.534. The Hall–Kier alpha value is -1.25. The maximum absolute atomic E-state index is 10.1. The molecule has 0 unspecified atom stereocenters. The summed E-state index contributed by atoms with van der Waals surface area (Å²) in [4.78, 5) is 10.1. The first-order valence-electron chi connectivity index (χ1n) is 2.09. The number of carbonyl (C=O) groups is 1. The molecule has 0 spiro atoms. The molecular formula is C5H4NO2. The number of hydrogen-bond acceptors (Lipinski definition) is 2. The van der Waals surface area contributed by atoms with E-state index in [4.69, 9.17) is 5.73 Å². The predicted octanol–water partition coefficient (Wildman–Crippen LogP) is 0.703. The molecule has 1 amide bonds. The number of furan rings is 1. The van der Waals surface area contributed by atoms with Gasteiger partial charge < -0.3 is 4.42 Å². The molecule has 0 bridgehead atoms. The molecule has 1 aromatic heterocycles. The summed E-state index contributed by atoms with van der Waals surface area (Å²) in [6.07, 6.45) is 2.61. The van der Waals surface area contributed by atoms with Gasteiger partial charge in [-0.3, -0.25) is 10.5 Å². The molecule has 1 rings (SSSR count). The van der Waals surface area contributed by atoms with E-state index in [1.54, 1.807) is 0 Å². The Morgan fingerprint density at radius 2 is 2.50 bits per heavy atom. The van der Waals surface area contributed by atoms with Gasteiger partial charge >= 0.3 is 0 Å². The second-order valence-corrected chi connectivity index (χ2v) is 1.34. The minimum atomic E-state index is -0.709. The van der Waals surface area contributed by atoms with E-state index in [0.717, 1.165) is 0 Å². The molecular weight excluding hydrogens is 106 g/mol. The molecule has 1 aromatic rings. The van der Waals surface area contributed by atoms with Crippen LogP contribution >= 0.6 is 0 Å². The first-order chi connectivity index (χ1) is 3.80. The molecule has 1 heterocycles. The van der Waals surface area contributed by atoms with Gasteiger partial charge in [-0.2, -0.15) is 0 Å². The van der Waals surface area contributed by atoms with Crippen molar-refractivity contribution in [3.05, 3.63) is 24.2 Å². The fourth-order valence-electron chi connectivity index (χ4n) is 0.394. The van der Waals surface area contributed by atoms with Gasteiger partial charge in [0.15, 0.2) is 0 Å². The van der Waals surface area contributed by atoms with E-state index >= 15 is 0 Å². The second-order valence-electron chi connectivity index (χ2n) is 1.34. The van der Waals surface area contributed by atoms with E-state index < -0.39 is 5.91 Å². The lowest BCUT2D eigenvalue weighted by atomic mass is 10.3. The van der Waals surface area contributed by atoms with Crippen LogP contribution in [0.25, 0.3) is 0 Å². The van der Waals surface area contributed by atoms with Gasteiger partial charge in [-0.15, -0.1) is 0 Å². The van der Waals surface area contributed by atoms with Crippen molar-refractivity contribution < 1.29 is 9.21 Å². The molecule has 0 saturated heterocycles. The second kappa shape index (κ2) is 1.69. The van der Waals surface area contributed by atoms with Crippen LogP contribution in [0.2, 0.25) is 0 Å². The summed E-state index contributed by atoms with van der Waals surface area (Å²) in [6.45, 7) is 0. The number of rotatable bonds is 1. The first-order valence-corrected chi connectivity index (χ1v) is 2.09. The van der Waals surface area contributed by atoms with Crippen LogP contribution in [0.1, 0.15) is 10.4 Å². The first kappa shape index (κ1) is 4.90. The maximum atomic E-state index is 10.1. The molecule has 0 saturated carbocycles. The van der Waals surface area contributed by atoms with Crippen LogP contribution in [-0.4, -0.2) is 5.91 Å². The van der Waals surface area contributed by atoms with Crippen molar-refractivity contribution in [1.82, 2.24) is 5.73 Å². The average molecular weight is 110 g/mol. The van der Waals surface area contributed by atoms with Gasteiger partial charge in [-0.1, -0.05) is 0 Å². The van der Waals surface area contributed by atoms with Crippen LogP contribution in [-0.2, 0) is 0 Å². The van der Waals surface area contributed by atoms with Crippen molar-refractivity contribution in [2.45, 2.75) is 0 Å². The average Bonchev–Trinajstić information content (AvgIpc) is 2.12. The van der Waals surface area contributed by atoms with Crippen LogP contribution in [0, 0.1) is 0 Å². The fraction of sp³-hybridized carbons (Fsp3) is 0. The van der Waals surface area contributed by atoms with Crippen LogP contribution < -0.4 is 5.73 Å². The standard InChI is InChI=1S/C5H4NO2/c6-5(7)4-1-2-8-3-4/h1-3,6H. The van der Waals surface area contributed by atoms with Gasteiger partial charge in [0.05, 0.1) is 11.8 Å². The third kappa shape index (κ3) is 0.703. The molecule has 0 aromatic carbocycles. The Bertz CT molecular complexity index is 178. The number of hydrogen-bond donors (Lipinski definition) is 0. The number of nitrogens with one attached hydrogen (secondary N) is 1. The van der Waals surface area contributed by atoms with Crippen LogP contribution in [0.5, 0.6) is 0 Å². The Labute approximate surface area is 46.1 Å². The van der Waals surface area contributed by atoms with Gasteiger partial charge in [-0.25, -0.2) is 0 Å². The van der Waals surface area contributed by atoms with Crippen molar-refractivity contribution in [3.8, 4) is 0 Å². The van der Waals surface area contributed by atoms with Crippen LogP contribution in [0.3, 0.4) is 0 Å². The summed E-state index contributed by atoms with van der Waals surface area (Å²) in [5.41, 5.74) is 6.83. The van der Waals surface area contributed by atoms with Crippen molar-refractivity contribution in [3.63, 3.8) is 0 Å². The summed E-state index contributed by atoms with van der Waals surface area (Å²) in [5, 5.41) is 0. The molecule has 0 atom stereocenters. The highest BCUT2D eigenvalue weighted by Gasteiger charge is 1.98. The molecule has 0 aliphatic carbocycles. The highest BCUT2D eigenvalue weighted by molar-refractivity contribution is 5.91. The predicted molar refractivity (Wildman–Crippen MR) is 26.1 cm³/mol. The highest BCUT2D eigenvalue weighted by atomic mass is 16.3. The Balaban J connectivity index is 2.93. The molecule has 1 radical (unpaired) electrons. The normalized spacial score (nSPS) is 9.00. The van der Waals surface area contributed by atoms with E-state index in [1.165, 1.54) is 18.6 Å². The van der Waals surface area contributed by atoms with Gasteiger partial charge in [0.2, 0.25) is 0 Å². The van der Waals surface area contributed by atoms with Gasteiger partial charge in [0.1, 0.15) is 6.26 Å². The van der Waals surface area contributed by atoms with Crippen LogP contribution in [0.4, 0.5) is 0 Å². The number of carbonyl (C=O) groups excluding carboxylic acids is 1. The summed E-state index contributed by atoms with van der Waals surface area (Å²) in [6, 6.07) is 1.45. The van der Waals surface area contributed by atoms with Crippen molar-refractivity contribution in [2.24, 2.45) is 0 Å². The van der Waals surface area contributed by atoms with Crippen LogP contribution in [0.15, 0.2) is 23.0 Å². The lowest BCUT2D eigenvalue weighted by molar-refractivity contribution is 0.0991. The zero-order valence-electron chi connectivity index (χ0n) is 4.05. The Morgan fingerprint density at radius 1 is 1.75 bits per heavy atom. The van der Waals surface area contributed by atoms with E-state index in [9.17, 15) is 4.79 Å². The fourth-order valence-corrected chi connectivity index (χ4v) is 0.394. The Morgan fingerprint density at radius 3 is 2.75 bits per heavy atom. The molecule has 0 fully saturated rings. The minimum Gasteiger partial charge on any atom is -0.472 e. The highest BCUT2D eigenvalue weighted by Crippen LogP contribution is 1.96. The number of amides is 1. The lowest BCUT2D eigenvalue weighted by Crippen LogP contribution is -1.94. The topological polar surface area (TPSA) is 54.0 Å². The van der Waals surface area contributed by atoms with E-state index in [1.807, 2.05) is 0 Å². The summed E-state index contributed by atoms with van der Waals surface area (Å²) in [7, 11) is 0. The van der Waals surface area contributed by atoms with Gasteiger partial charge in [0, 0.05) is 0 Å². The largest absolute Gasteiger partial charge is 0.472 e. The van der Waals surface area contributed by atoms with E-state index in [2.05, 4.69) is 4.42 Å². The third-order valence-electron chi connectivity index (χ3n) is 0.783. The SMILES string of the molecule is [NH]C(=O)c1ccoc1. The molecule has 0 aliphatic rings. The van der Waals surface area contributed by atoms with E-state index in [-0.39, 0.29) is 0 Å². The van der Waals surface area contributed by atoms with E-state index in [0.29, 0.717) is 5.56 Å². The summed E-state index contributed by atoms with van der Waals surface area (Å²) < 4.78 is 4.53. The van der Waals surface area contributed by atoms with Gasteiger partial charge in [-0.05, 0) is 6.07 Å². The monoisotopic (exact) mass is 110 g/mol. The zero-order valence-corrected chi connectivity index (χ0v) is 4.05. The zero-order chi connectivity index (χ0) is 5.98. The summed E-state index contributed by atoms with van der Waals surface area (Å²) in [5.74, 6) is -0.709. The summed E-state index contributed by atoms with van der Waals surface area (Å²) >= 11 is 0. The molecule has 3 nitrogen and oxygen atoms in total. The van der Waals surface area contributed by atoms with Gasteiger partial charge in [0.25, 0.3) is 5.91 Å². The van der Waals surface area contributed by atoms with Crippen molar-refractivity contribution >= 4 is 5.91 Å². The van der Waals surface area contributed by atoms with Crippen molar-refractivity contribution in [2.75, 3.05) is 0 Å². The smallest absolute Gasteiger partial charge is 0.272 e. The Kier molecular flexibility index (Phi) is 1.04. The maximum Gasteiger partial charge on any atom is 0.272 e. The lowest BCUT2D eigenvalue weighted by Gasteiger charge is -1.76. The molecule has 8 heavy (non-hydrogen) atoms. The molecule has 41 valence electrons.